The number of halogens is 3. The number of hydrogen-bond donors (Lipinski definition) is 0. The van der Waals surface area contributed by atoms with Gasteiger partial charge in [-0.25, -0.2) is 0 Å². The first-order valence-corrected chi connectivity index (χ1v) is 8.26. The molecule has 6 nitrogen and oxygen atoms in total. The fraction of sp³-hybridized carbons (Fsp3) is 0.278. The van der Waals surface area contributed by atoms with Crippen LogP contribution in [-0.4, -0.2) is 27.4 Å². The third-order valence-corrected chi connectivity index (χ3v) is 4.52. The summed E-state index contributed by atoms with van der Waals surface area (Å²) in [6.07, 6.45) is -2.87. The molecule has 1 aliphatic heterocycles. The summed E-state index contributed by atoms with van der Waals surface area (Å²) in [5.41, 5.74) is 0.993. The van der Waals surface area contributed by atoms with E-state index in [1.54, 1.807) is 23.9 Å². The molecule has 9 heteroatoms. The molecule has 3 aromatic rings. The van der Waals surface area contributed by atoms with Crippen LogP contribution in [0.25, 0.3) is 11.3 Å². The van der Waals surface area contributed by atoms with Crippen LogP contribution in [0, 0.1) is 6.92 Å². The molecule has 1 amide bonds. The molecule has 2 aromatic heterocycles. The second-order valence-electron chi connectivity index (χ2n) is 6.48. The lowest BCUT2D eigenvalue weighted by molar-refractivity contribution is -0.137. The van der Waals surface area contributed by atoms with Crippen LogP contribution in [0.5, 0.6) is 0 Å². The average Bonchev–Trinajstić information content (AvgIpc) is 3.24. The lowest BCUT2D eigenvalue weighted by Crippen LogP contribution is -2.42. The fourth-order valence-electron chi connectivity index (χ4n) is 3.20. The quantitative estimate of drug-likeness (QED) is 0.676. The summed E-state index contributed by atoms with van der Waals surface area (Å²) in [6, 6.07) is 6.11. The van der Waals surface area contributed by atoms with Crippen molar-refractivity contribution in [2.75, 3.05) is 11.4 Å². The van der Waals surface area contributed by atoms with Gasteiger partial charge in [-0.05, 0) is 38.1 Å². The van der Waals surface area contributed by atoms with E-state index in [2.05, 4.69) is 10.3 Å². The Bertz CT molecular complexity index is 1000. The van der Waals surface area contributed by atoms with Crippen LogP contribution in [0.3, 0.4) is 0 Å². The van der Waals surface area contributed by atoms with Gasteiger partial charge in [0.15, 0.2) is 0 Å². The van der Waals surface area contributed by atoms with Crippen LogP contribution >= 0.6 is 0 Å². The predicted octanol–water partition coefficient (Wildman–Crippen LogP) is 4.09. The van der Waals surface area contributed by atoms with Crippen LogP contribution in [0.15, 0.2) is 41.1 Å². The van der Waals surface area contributed by atoms with E-state index < -0.39 is 11.7 Å². The van der Waals surface area contributed by atoms with Crippen molar-refractivity contribution in [2.24, 2.45) is 0 Å². The molecule has 4 rings (SSSR count). The van der Waals surface area contributed by atoms with E-state index in [-0.39, 0.29) is 11.9 Å². The van der Waals surface area contributed by atoms with E-state index in [0.29, 0.717) is 34.9 Å². The minimum atomic E-state index is -4.42. The van der Waals surface area contributed by atoms with Gasteiger partial charge in [-0.2, -0.15) is 18.3 Å². The number of nitrogens with zero attached hydrogens (tertiary/aromatic N) is 4. The first kappa shape index (κ1) is 17.3. The Kier molecular flexibility index (Phi) is 3.83. The van der Waals surface area contributed by atoms with Gasteiger partial charge in [-0.3, -0.25) is 9.48 Å². The minimum Gasteiger partial charge on any atom is -0.361 e. The van der Waals surface area contributed by atoms with Crippen molar-refractivity contribution < 1.29 is 22.5 Å². The van der Waals surface area contributed by atoms with Gasteiger partial charge in [-0.15, -0.1) is 0 Å². The number of carbonyl (C=O) groups excluding carboxylic acids is 1. The van der Waals surface area contributed by atoms with Crippen LogP contribution < -0.4 is 4.90 Å². The number of anilines is 1. The zero-order chi connectivity index (χ0) is 19.3. The van der Waals surface area contributed by atoms with E-state index in [1.807, 2.05) is 6.92 Å². The summed E-state index contributed by atoms with van der Waals surface area (Å²) in [5, 5.41) is 8.23. The average molecular weight is 376 g/mol. The second-order valence-corrected chi connectivity index (χ2v) is 6.48. The van der Waals surface area contributed by atoms with Gasteiger partial charge in [0.25, 0.3) is 5.91 Å². The molecule has 0 fully saturated rings. The SMILES string of the molecule is Cc1cc(-c2cnn3c2C(=O)N(c2ccc(C(F)(F)F)cc2)C[C@@H]3C)no1. The summed E-state index contributed by atoms with van der Waals surface area (Å²) in [7, 11) is 0. The zero-order valence-corrected chi connectivity index (χ0v) is 14.5. The smallest absolute Gasteiger partial charge is 0.361 e. The highest BCUT2D eigenvalue weighted by molar-refractivity contribution is 6.09. The number of fused-ring (bicyclic) bond motifs is 1. The Morgan fingerprint density at radius 1 is 1.22 bits per heavy atom. The number of benzene rings is 1. The minimum absolute atomic E-state index is 0.151. The largest absolute Gasteiger partial charge is 0.416 e. The van der Waals surface area contributed by atoms with Crippen molar-refractivity contribution in [3.8, 4) is 11.3 Å². The zero-order valence-electron chi connectivity index (χ0n) is 14.5. The Balaban J connectivity index is 1.73. The summed E-state index contributed by atoms with van der Waals surface area (Å²) in [6.45, 7) is 3.93. The molecular formula is C18H15F3N4O2. The molecule has 27 heavy (non-hydrogen) atoms. The molecule has 0 aliphatic carbocycles. The maximum absolute atomic E-state index is 13.1. The maximum atomic E-state index is 13.1. The molecule has 1 atom stereocenters. The van der Waals surface area contributed by atoms with Gasteiger partial charge >= 0.3 is 6.18 Å². The van der Waals surface area contributed by atoms with E-state index >= 15 is 0 Å². The molecule has 140 valence electrons. The van der Waals surface area contributed by atoms with Gasteiger partial charge in [0, 0.05) is 18.3 Å². The van der Waals surface area contributed by atoms with Crippen LogP contribution in [-0.2, 0) is 6.18 Å². The summed E-state index contributed by atoms with van der Waals surface area (Å²) in [4.78, 5) is 14.5. The number of aryl methyl sites for hydroxylation is 1. The molecule has 1 aliphatic rings. The maximum Gasteiger partial charge on any atom is 0.416 e. The number of amides is 1. The number of aromatic nitrogens is 3. The highest BCUT2D eigenvalue weighted by Gasteiger charge is 2.35. The standard InChI is InChI=1S/C18H15F3N4O2/c1-10-9-24(13-5-3-12(4-6-13)18(19,20)21)17(26)16-14(8-22-25(10)16)15-7-11(2)27-23-15/h3-8,10H,9H2,1-2H3/t10-/m0/s1. The molecule has 3 heterocycles. The van der Waals surface area contributed by atoms with Crippen molar-refractivity contribution in [3.05, 3.63) is 53.5 Å². The Hall–Kier alpha value is -3.10. The topological polar surface area (TPSA) is 64.2 Å². The first-order chi connectivity index (χ1) is 12.8. The number of hydrogen-bond acceptors (Lipinski definition) is 4. The van der Waals surface area contributed by atoms with Crippen molar-refractivity contribution in [2.45, 2.75) is 26.1 Å². The molecule has 0 spiro atoms. The van der Waals surface area contributed by atoms with Gasteiger partial charge in [-0.1, -0.05) is 5.16 Å². The molecule has 0 radical (unpaired) electrons. The predicted molar refractivity (Wildman–Crippen MR) is 90.3 cm³/mol. The highest BCUT2D eigenvalue weighted by Crippen LogP contribution is 2.34. The highest BCUT2D eigenvalue weighted by atomic mass is 19.4. The van der Waals surface area contributed by atoms with Gasteiger partial charge in [0.2, 0.25) is 0 Å². The third kappa shape index (κ3) is 2.88. The summed E-state index contributed by atoms with van der Waals surface area (Å²) >= 11 is 0. The van der Waals surface area contributed by atoms with Crippen molar-refractivity contribution in [3.63, 3.8) is 0 Å². The van der Waals surface area contributed by atoms with Gasteiger partial charge < -0.3 is 9.42 Å². The summed E-state index contributed by atoms with van der Waals surface area (Å²) in [5.74, 6) is 0.252. The molecule has 0 bridgehead atoms. The van der Waals surface area contributed by atoms with E-state index in [1.165, 1.54) is 17.0 Å². The lowest BCUT2D eigenvalue weighted by Gasteiger charge is -2.32. The molecule has 0 saturated heterocycles. The van der Waals surface area contributed by atoms with E-state index in [4.69, 9.17) is 4.52 Å². The normalized spacial score (nSPS) is 17.3. The number of rotatable bonds is 2. The Labute approximate surface area is 152 Å². The Morgan fingerprint density at radius 3 is 2.52 bits per heavy atom. The first-order valence-electron chi connectivity index (χ1n) is 8.26. The fourth-order valence-corrected chi connectivity index (χ4v) is 3.20. The number of alkyl halides is 3. The molecular weight excluding hydrogens is 361 g/mol. The van der Waals surface area contributed by atoms with Gasteiger partial charge in [0.1, 0.15) is 17.1 Å². The number of carbonyl (C=O) groups is 1. The monoisotopic (exact) mass is 376 g/mol. The molecule has 0 unspecified atom stereocenters. The van der Waals surface area contributed by atoms with E-state index in [0.717, 1.165) is 12.1 Å². The van der Waals surface area contributed by atoms with Crippen molar-refractivity contribution in [1.82, 2.24) is 14.9 Å². The van der Waals surface area contributed by atoms with Crippen molar-refractivity contribution >= 4 is 11.6 Å². The summed E-state index contributed by atoms with van der Waals surface area (Å²) < 4.78 is 45.1. The molecule has 1 aromatic carbocycles. The van der Waals surface area contributed by atoms with Crippen LogP contribution in [0.2, 0.25) is 0 Å². The third-order valence-electron chi connectivity index (χ3n) is 4.52. The molecule has 0 saturated carbocycles. The van der Waals surface area contributed by atoms with Crippen LogP contribution in [0.1, 0.15) is 34.8 Å². The van der Waals surface area contributed by atoms with Crippen LogP contribution in [0.4, 0.5) is 18.9 Å². The van der Waals surface area contributed by atoms with Crippen molar-refractivity contribution in [1.29, 1.82) is 0 Å². The van der Waals surface area contributed by atoms with Gasteiger partial charge in [0.05, 0.1) is 23.4 Å². The van der Waals surface area contributed by atoms with E-state index in [9.17, 15) is 18.0 Å². The second kappa shape index (κ2) is 5.97. The molecule has 0 N–H and O–H groups in total. The lowest BCUT2D eigenvalue weighted by atomic mass is 10.1. The Morgan fingerprint density at radius 2 is 1.93 bits per heavy atom.